The summed E-state index contributed by atoms with van der Waals surface area (Å²) in [5.41, 5.74) is 7.76. The molecule has 1 heterocycles. The first-order valence-corrected chi connectivity index (χ1v) is 13.8. The van der Waals surface area contributed by atoms with Gasteiger partial charge in [-0.15, -0.1) is 6.58 Å². The van der Waals surface area contributed by atoms with Crippen LogP contribution < -0.4 is 15.8 Å². The first kappa shape index (κ1) is 26.2. The second-order valence-corrected chi connectivity index (χ2v) is 11.5. The van der Waals surface area contributed by atoms with Crippen LogP contribution in [0.2, 0.25) is 0 Å². The number of primary amides is 1. The molecule has 0 radical (unpaired) electrons. The van der Waals surface area contributed by atoms with E-state index in [1.807, 2.05) is 18.2 Å². The molecule has 0 aromatic heterocycles. The highest BCUT2D eigenvalue weighted by atomic mass is 32.2. The van der Waals surface area contributed by atoms with Crippen LogP contribution >= 0.6 is 0 Å². The lowest BCUT2D eigenvalue weighted by molar-refractivity contribution is 0.1000. The van der Waals surface area contributed by atoms with Gasteiger partial charge in [0.05, 0.1) is 23.0 Å². The molecule has 0 saturated carbocycles. The number of carbonyl (C=O) groups is 1. The van der Waals surface area contributed by atoms with Crippen LogP contribution in [0.1, 0.15) is 40.7 Å². The Hall–Kier alpha value is -2.88. The van der Waals surface area contributed by atoms with E-state index in [0.717, 1.165) is 17.5 Å². The number of ether oxygens (including phenoxy) is 2. The first-order chi connectivity index (χ1) is 17.3. The first-order valence-electron chi connectivity index (χ1n) is 12.3. The van der Waals surface area contributed by atoms with Gasteiger partial charge in [-0.2, -0.15) is 4.31 Å². The van der Waals surface area contributed by atoms with Crippen LogP contribution in [0.15, 0.2) is 55.1 Å². The Kier molecular flexibility index (Phi) is 8.02. The molecule has 8 nitrogen and oxygen atoms in total. The van der Waals surface area contributed by atoms with Crippen molar-refractivity contribution in [3.8, 4) is 5.75 Å². The summed E-state index contributed by atoms with van der Waals surface area (Å²) in [7, 11) is -2.15. The number of benzene rings is 2. The van der Waals surface area contributed by atoms with E-state index in [9.17, 15) is 13.2 Å². The average molecular weight is 514 g/mol. The van der Waals surface area contributed by atoms with Gasteiger partial charge in [-0.25, -0.2) is 8.42 Å². The fourth-order valence-electron chi connectivity index (χ4n) is 5.38. The molecule has 36 heavy (non-hydrogen) atoms. The van der Waals surface area contributed by atoms with E-state index in [4.69, 9.17) is 15.2 Å². The number of fused-ring (bicyclic) bond motifs is 3. The summed E-state index contributed by atoms with van der Waals surface area (Å²) in [6.45, 7) is 5.31. The molecular formula is C27H35N3O5S. The fraction of sp³-hybridized carbons (Fsp3) is 0.444. The maximum Gasteiger partial charge on any atom is 0.248 e. The van der Waals surface area contributed by atoms with Crippen molar-refractivity contribution in [2.75, 3.05) is 45.3 Å². The van der Waals surface area contributed by atoms with Crippen molar-refractivity contribution < 1.29 is 22.7 Å². The lowest BCUT2D eigenvalue weighted by atomic mass is 9.70. The van der Waals surface area contributed by atoms with Crippen molar-refractivity contribution in [1.29, 1.82) is 0 Å². The van der Waals surface area contributed by atoms with Crippen LogP contribution in [-0.4, -0.2) is 63.8 Å². The molecule has 2 aromatic rings. The van der Waals surface area contributed by atoms with Crippen LogP contribution in [0.3, 0.4) is 0 Å². The Balaban J connectivity index is 1.75. The molecule has 2 aliphatic rings. The van der Waals surface area contributed by atoms with Crippen LogP contribution in [0.4, 0.5) is 5.69 Å². The number of nitrogens with two attached hydrogens (primary N) is 1. The van der Waals surface area contributed by atoms with Gasteiger partial charge in [0.2, 0.25) is 15.9 Å². The Morgan fingerprint density at radius 3 is 2.86 bits per heavy atom. The van der Waals surface area contributed by atoms with E-state index in [1.54, 1.807) is 35.7 Å². The molecule has 4 rings (SSSR count). The average Bonchev–Trinajstić information content (AvgIpc) is 3.06. The van der Waals surface area contributed by atoms with E-state index in [1.165, 1.54) is 0 Å². The van der Waals surface area contributed by atoms with Crippen molar-refractivity contribution in [2.24, 2.45) is 5.73 Å². The fourth-order valence-corrected chi connectivity index (χ4v) is 7.72. The zero-order valence-corrected chi connectivity index (χ0v) is 21.6. The Morgan fingerprint density at radius 1 is 1.31 bits per heavy atom. The molecule has 0 fully saturated rings. The third kappa shape index (κ3) is 5.00. The number of carbonyl (C=O) groups excluding carboxylic acids is 1. The molecule has 0 bridgehead atoms. The second kappa shape index (κ2) is 11.0. The number of methoxy groups -OCH3 is 1. The largest absolute Gasteiger partial charge is 0.490 e. The minimum Gasteiger partial charge on any atom is -0.490 e. The SMILES string of the molecule is C=CCCCN(CCOC)S(=O)(=O)C1CCc2ccccc2C12CNc1cc(C(N)=O)ccc1OC2. The van der Waals surface area contributed by atoms with Crippen molar-refractivity contribution in [3.05, 3.63) is 71.8 Å². The summed E-state index contributed by atoms with van der Waals surface area (Å²) in [6.07, 6.45) is 4.39. The van der Waals surface area contributed by atoms with Gasteiger partial charge < -0.3 is 20.5 Å². The number of aryl methyl sites for hydroxylation is 1. The van der Waals surface area contributed by atoms with Gasteiger partial charge in [-0.1, -0.05) is 30.3 Å². The molecule has 2 aromatic carbocycles. The summed E-state index contributed by atoms with van der Waals surface area (Å²) >= 11 is 0. The van der Waals surface area contributed by atoms with Gasteiger partial charge in [0, 0.05) is 32.3 Å². The predicted molar refractivity (Wildman–Crippen MR) is 141 cm³/mol. The van der Waals surface area contributed by atoms with Gasteiger partial charge in [-0.05, 0) is 55.0 Å². The lowest BCUT2D eigenvalue weighted by Gasteiger charge is -2.45. The normalized spacial score (nSPS) is 21.1. The zero-order valence-electron chi connectivity index (χ0n) is 20.7. The number of rotatable bonds is 10. The molecule has 2 unspecified atom stereocenters. The molecule has 2 atom stereocenters. The summed E-state index contributed by atoms with van der Waals surface area (Å²) in [6, 6.07) is 13.0. The van der Waals surface area contributed by atoms with Crippen LogP contribution in [0.5, 0.6) is 5.75 Å². The standard InChI is InChI=1S/C27H35N3O5S/c1-3-4-7-14-30(15-16-34-2)36(32,33)25-13-11-20-8-5-6-9-22(20)27(25)18-29-23-17-21(26(28)31)10-12-24(23)35-19-27/h3,5-6,8-10,12,17,25,29H,1,4,7,11,13-16,18-19H2,2H3,(H2,28,31). The highest BCUT2D eigenvalue weighted by Crippen LogP contribution is 2.45. The Labute approximate surface area is 213 Å². The maximum atomic E-state index is 14.3. The highest BCUT2D eigenvalue weighted by molar-refractivity contribution is 7.89. The van der Waals surface area contributed by atoms with Gasteiger partial charge in [0.25, 0.3) is 0 Å². The minimum absolute atomic E-state index is 0.189. The number of nitrogens with zero attached hydrogens (tertiary/aromatic N) is 1. The zero-order chi connectivity index (χ0) is 25.8. The van der Waals surface area contributed by atoms with Crippen molar-refractivity contribution >= 4 is 21.6 Å². The summed E-state index contributed by atoms with van der Waals surface area (Å²) in [5, 5.41) is 2.71. The molecule has 1 spiro atoms. The monoisotopic (exact) mass is 513 g/mol. The maximum absolute atomic E-state index is 14.3. The lowest BCUT2D eigenvalue weighted by Crippen LogP contribution is -2.58. The number of hydrogen-bond acceptors (Lipinski definition) is 6. The van der Waals surface area contributed by atoms with E-state index < -0.39 is 26.6 Å². The number of hydrogen-bond donors (Lipinski definition) is 2. The Morgan fingerprint density at radius 2 is 2.11 bits per heavy atom. The van der Waals surface area contributed by atoms with Crippen molar-refractivity contribution in [2.45, 2.75) is 36.3 Å². The van der Waals surface area contributed by atoms with Gasteiger partial charge in [0.1, 0.15) is 12.4 Å². The van der Waals surface area contributed by atoms with E-state index >= 15 is 0 Å². The predicted octanol–water partition coefficient (Wildman–Crippen LogP) is 3.09. The Bertz CT molecular complexity index is 1220. The molecule has 3 N–H and O–H groups in total. The van der Waals surface area contributed by atoms with Crippen LogP contribution in [-0.2, 0) is 26.6 Å². The third-order valence-electron chi connectivity index (χ3n) is 7.27. The van der Waals surface area contributed by atoms with E-state index in [0.29, 0.717) is 62.5 Å². The van der Waals surface area contributed by atoms with E-state index in [-0.39, 0.29) is 6.61 Å². The molecule has 1 amide bonds. The number of unbranched alkanes of at least 4 members (excludes halogenated alkanes) is 1. The summed E-state index contributed by atoms with van der Waals surface area (Å²) < 4.78 is 41.7. The third-order valence-corrected chi connectivity index (χ3v) is 9.76. The molecule has 1 aliphatic carbocycles. The number of anilines is 1. The number of nitrogens with one attached hydrogen (secondary N) is 1. The molecule has 0 saturated heterocycles. The van der Waals surface area contributed by atoms with Crippen molar-refractivity contribution in [3.63, 3.8) is 0 Å². The molecule has 194 valence electrons. The van der Waals surface area contributed by atoms with Gasteiger partial charge in [-0.3, -0.25) is 4.79 Å². The molecule has 1 aliphatic heterocycles. The number of amides is 1. The van der Waals surface area contributed by atoms with Crippen LogP contribution in [0, 0.1) is 0 Å². The molecular weight excluding hydrogens is 478 g/mol. The molecule has 9 heteroatoms. The number of sulfonamides is 1. The highest BCUT2D eigenvalue weighted by Gasteiger charge is 2.53. The smallest absolute Gasteiger partial charge is 0.248 e. The quantitative estimate of drug-likeness (QED) is 0.373. The van der Waals surface area contributed by atoms with E-state index in [2.05, 4.69) is 18.0 Å². The second-order valence-electron chi connectivity index (χ2n) is 9.43. The summed E-state index contributed by atoms with van der Waals surface area (Å²) in [5.74, 6) is 0.0358. The van der Waals surface area contributed by atoms with Crippen LogP contribution in [0.25, 0.3) is 0 Å². The van der Waals surface area contributed by atoms with Gasteiger partial charge in [0.15, 0.2) is 0 Å². The topological polar surface area (TPSA) is 111 Å². The van der Waals surface area contributed by atoms with Gasteiger partial charge >= 0.3 is 0 Å². The summed E-state index contributed by atoms with van der Waals surface area (Å²) in [4.78, 5) is 11.7. The van der Waals surface area contributed by atoms with Crippen molar-refractivity contribution in [1.82, 2.24) is 4.31 Å². The minimum atomic E-state index is -3.73. The number of allylic oxidation sites excluding steroid dienone is 1.